The summed E-state index contributed by atoms with van der Waals surface area (Å²) in [6, 6.07) is 10.3. The molecule has 0 unspecified atom stereocenters. The lowest BCUT2D eigenvalue weighted by molar-refractivity contribution is -0.123. The Bertz CT molecular complexity index is 793. The van der Waals surface area contributed by atoms with E-state index in [0.29, 0.717) is 5.75 Å². The molecule has 3 rings (SSSR count). The molecular formula is C22H26ClNO2. The van der Waals surface area contributed by atoms with Gasteiger partial charge in [0.2, 0.25) is 0 Å². The van der Waals surface area contributed by atoms with Gasteiger partial charge in [0.25, 0.3) is 5.91 Å². The van der Waals surface area contributed by atoms with Crippen LogP contribution >= 0.6 is 11.6 Å². The summed E-state index contributed by atoms with van der Waals surface area (Å²) in [5.74, 6) is 0.543. The van der Waals surface area contributed by atoms with Crippen LogP contribution in [-0.4, -0.2) is 12.5 Å². The molecule has 26 heavy (non-hydrogen) atoms. The van der Waals surface area contributed by atoms with Gasteiger partial charge in [0.05, 0.1) is 6.04 Å². The average molecular weight is 372 g/mol. The molecular weight excluding hydrogens is 346 g/mol. The van der Waals surface area contributed by atoms with Gasteiger partial charge in [0, 0.05) is 5.02 Å². The topological polar surface area (TPSA) is 38.3 Å². The number of hydrogen-bond acceptors (Lipinski definition) is 2. The molecule has 0 saturated heterocycles. The van der Waals surface area contributed by atoms with E-state index in [-0.39, 0.29) is 18.6 Å². The smallest absolute Gasteiger partial charge is 0.258 e. The summed E-state index contributed by atoms with van der Waals surface area (Å²) >= 11 is 6.16. The zero-order chi connectivity index (χ0) is 18.7. The van der Waals surface area contributed by atoms with Gasteiger partial charge < -0.3 is 10.1 Å². The highest BCUT2D eigenvalue weighted by Crippen LogP contribution is 2.26. The molecule has 1 N–H and O–H groups in total. The fourth-order valence-electron chi connectivity index (χ4n) is 3.53. The fourth-order valence-corrected chi connectivity index (χ4v) is 3.64. The number of carbonyl (C=O) groups excluding carboxylic acids is 1. The van der Waals surface area contributed by atoms with Crippen LogP contribution in [0.15, 0.2) is 30.3 Å². The van der Waals surface area contributed by atoms with E-state index < -0.39 is 0 Å². The number of rotatable bonds is 5. The first-order valence-corrected chi connectivity index (χ1v) is 9.62. The maximum atomic E-state index is 12.3. The minimum Gasteiger partial charge on any atom is -0.484 e. The van der Waals surface area contributed by atoms with Crippen LogP contribution in [0.4, 0.5) is 0 Å². The van der Waals surface area contributed by atoms with Crippen molar-refractivity contribution in [1.29, 1.82) is 0 Å². The normalized spacial score (nSPS) is 14.5. The predicted octanol–water partition coefficient (Wildman–Crippen LogP) is 5.09. The zero-order valence-electron chi connectivity index (χ0n) is 15.7. The largest absolute Gasteiger partial charge is 0.484 e. The Balaban J connectivity index is 1.58. The van der Waals surface area contributed by atoms with Gasteiger partial charge >= 0.3 is 0 Å². The molecule has 2 aromatic rings. The summed E-state index contributed by atoms with van der Waals surface area (Å²) in [4.78, 5) is 12.3. The molecule has 138 valence electrons. The highest BCUT2D eigenvalue weighted by atomic mass is 35.5. The molecule has 0 aliphatic heterocycles. The van der Waals surface area contributed by atoms with Gasteiger partial charge in [-0.15, -0.1) is 0 Å². The molecule has 3 nitrogen and oxygen atoms in total. The van der Waals surface area contributed by atoms with Crippen LogP contribution in [0, 0.1) is 13.8 Å². The van der Waals surface area contributed by atoms with E-state index in [1.165, 1.54) is 30.4 Å². The lowest BCUT2D eigenvalue weighted by Crippen LogP contribution is -2.31. The van der Waals surface area contributed by atoms with E-state index in [1.54, 1.807) is 0 Å². The summed E-state index contributed by atoms with van der Waals surface area (Å²) in [7, 11) is 0. The Morgan fingerprint density at radius 1 is 1.12 bits per heavy atom. The van der Waals surface area contributed by atoms with Crippen LogP contribution in [-0.2, 0) is 17.6 Å². The lowest BCUT2D eigenvalue weighted by Gasteiger charge is -2.20. The Kier molecular flexibility index (Phi) is 5.87. The SMILES string of the molecule is Cc1cc(OCC(=O)N[C@@H](C)c2ccc3c(c2)CCCC3)cc(C)c1Cl. The van der Waals surface area contributed by atoms with Crippen molar-refractivity contribution in [1.82, 2.24) is 5.32 Å². The number of ether oxygens (including phenoxy) is 1. The van der Waals surface area contributed by atoms with Crippen molar-refractivity contribution in [3.05, 3.63) is 63.2 Å². The van der Waals surface area contributed by atoms with Gasteiger partial charge in [0.15, 0.2) is 6.61 Å². The number of halogens is 1. The fraction of sp³-hybridized carbons (Fsp3) is 0.409. The van der Waals surface area contributed by atoms with E-state index in [1.807, 2.05) is 32.9 Å². The number of carbonyl (C=O) groups is 1. The van der Waals surface area contributed by atoms with Crippen LogP contribution < -0.4 is 10.1 Å². The average Bonchev–Trinajstić information content (AvgIpc) is 2.63. The van der Waals surface area contributed by atoms with E-state index in [9.17, 15) is 4.79 Å². The number of aryl methyl sites for hydroxylation is 4. The van der Waals surface area contributed by atoms with E-state index >= 15 is 0 Å². The van der Waals surface area contributed by atoms with Crippen LogP contribution in [0.1, 0.15) is 53.6 Å². The molecule has 4 heteroatoms. The highest BCUT2D eigenvalue weighted by molar-refractivity contribution is 6.32. The van der Waals surface area contributed by atoms with Gasteiger partial charge in [-0.1, -0.05) is 29.8 Å². The molecule has 0 aromatic heterocycles. The minimum absolute atomic E-state index is 0.00417. The van der Waals surface area contributed by atoms with E-state index in [4.69, 9.17) is 16.3 Å². The highest BCUT2D eigenvalue weighted by Gasteiger charge is 2.14. The summed E-state index contributed by atoms with van der Waals surface area (Å²) < 4.78 is 5.64. The molecule has 2 aromatic carbocycles. The van der Waals surface area contributed by atoms with Gasteiger partial charge in [-0.3, -0.25) is 4.79 Å². The van der Waals surface area contributed by atoms with E-state index in [2.05, 4.69) is 23.5 Å². The molecule has 0 spiro atoms. The first kappa shape index (κ1) is 18.8. The Hall–Kier alpha value is -2.00. The summed E-state index contributed by atoms with van der Waals surface area (Å²) in [6.45, 7) is 5.87. The van der Waals surface area contributed by atoms with Crippen molar-refractivity contribution in [3.63, 3.8) is 0 Å². The molecule has 0 saturated carbocycles. The number of nitrogens with one attached hydrogen (secondary N) is 1. The second kappa shape index (κ2) is 8.13. The molecule has 1 amide bonds. The van der Waals surface area contributed by atoms with Gasteiger partial charge in [-0.25, -0.2) is 0 Å². The Morgan fingerprint density at radius 3 is 2.46 bits per heavy atom. The second-order valence-electron chi connectivity index (χ2n) is 7.18. The second-order valence-corrected chi connectivity index (χ2v) is 7.56. The summed E-state index contributed by atoms with van der Waals surface area (Å²) in [6.07, 6.45) is 4.84. The van der Waals surface area contributed by atoms with Crippen molar-refractivity contribution >= 4 is 17.5 Å². The Labute approximate surface area is 160 Å². The maximum absolute atomic E-state index is 12.3. The summed E-state index contributed by atoms with van der Waals surface area (Å²) in [5, 5.41) is 3.76. The van der Waals surface area contributed by atoms with Crippen LogP contribution in [0.2, 0.25) is 5.02 Å². The van der Waals surface area contributed by atoms with Crippen molar-refractivity contribution in [2.24, 2.45) is 0 Å². The molecule has 0 bridgehead atoms. The predicted molar refractivity (Wildman–Crippen MR) is 106 cm³/mol. The van der Waals surface area contributed by atoms with Gasteiger partial charge in [0.1, 0.15) is 5.75 Å². The van der Waals surface area contributed by atoms with Crippen LogP contribution in [0.3, 0.4) is 0 Å². The first-order chi connectivity index (χ1) is 12.4. The molecule has 0 fully saturated rings. The standard InChI is InChI=1S/C22H26ClNO2/c1-14-10-20(11-15(2)22(14)23)26-13-21(25)24-16(3)18-9-8-17-6-4-5-7-19(17)12-18/h8-12,16H,4-7,13H2,1-3H3,(H,24,25)/t16-/m0/s1. The zero-order valence-corrected chi connectivity index (χ0v) is 16.5. The first-order valence-electron chi connectivity index (χ1n) is 9.24. The number of benzene rings is 2. The molecule has 1 atom stereocenters. The van der Waals surface area contributed by atoms with Crippen molar-refractivity contribution in [2.45, 2.75) is 52.5 Å². The van der Waals surface area contributed by atoms with Gasteiger partial charge in [-0.05, 0) is 86.4 Å². The molecule has 0 heterocycles. The molecule has 1 aliphatic carbocycles. The quantitative estimate of drug-likeness (QED) is 0.794. The third-order valence-electron chi connectivity index (χ3n) is 5.03. The van der Waals surface area contributed by atoms with Crippen molar-refractivity contribution in [3.8, 4) is 5.75 Å². The third kappa shape index (κ3) is 4.39. The molecule has 1 aliphatic rings. The Morgan fingerprint density at radius 2 is 1.77 bits per heavy atom. The number of hydrogen-bond donors (Lipinski definition) is 1. The van der Waals surface area contributed by atoms with Crippen LogP contribution in [0.5, 0.6) is 5.75 Å². The summed E-state index contributed by atoms with van der Waals surface area (Å²) in [5.41, 5.74) is 5.93. The van der Waals surface area contributed by atoms with E-state index in [0.717, 1.165) is 28.1 Å². The third-order valence-corrected chi connectivity index (χ3v) is 5.63. The van der Waals surface area contributed by atoms with Crippen molar-refractivity contribution < 1.29 is 9.53 Å². The monoisotopic (exact) mass is 371 g/mol. The molecule has 0 radical (unpaired) electrons. The minimum atomic E-state index is -0.125. The van der Waals surface area contributed by atoms with Gasteiger partial charge in [-0.2, -0.15) is 0 Å². The van der Waals surface area contributed by atoms with Crippen LogP contribution in [0.25, 0.3) is 0 Å². The van der Waals surface area contributed by atoms with Crippen molar-refractivity contribution in [2.75, 3.05) is 6.61 Å². The lowest BCUT2D eigenvalue weighted by atomic mass is 9.89. The number of amides is 1. The maximum Gasteiger partial charge on any atom is 0.258 e. The number of fused-ring (bicyclic) bond motifs is 1.